The molecule has 4 heteroatoms. The summed E-state index contributed by atoms with van der Waals surface area (Å²) in [7, 11) is 2.31. The van der Waals surface area contributed by atoms with Crippen molar-refractivity contribution in [2.45, 2.75) is 56.8 Å². The predicted octanol–water partition coefficient (Wildman–Crippen LogP) is 2.44. The summed E-state index contributed by atoms with van der Waals surface area (Å²) in [5, 5.41) is 3.75. The molecule has 4 nitrogen and oxygen atoms in total. The standard InChI is InChI=1S/C17H24N4/c1-20-15-5-4-6-16(20)10-13(9-15)18-11-14-12-21-8-3-2-7-17(21)19-14/h2-3,7-8,12-13,15-16,18H,4-6,9-11H2,1H3. The fourth-order valence-electron chi connectivity index (χ4n) is 4.10. The molecular weight excluding hydrogens is 260 g/mol. The Morgan fingerprint density at radius 3 is 2.81 bits per heavy atom. The van der Waals surface area contributed by atoms with Crippen molar-refractivity contribution in [3.05, 3.63) is 36.3 Å². The van der Waals surface area contributed by atoms with Gasteiger partial charge in [0.25, 0.3) is 0 Å². The average Bonchev–Trinajstić information content (AvgIpc) is 2.88. The highest BCUT2D eigenvalue weighted by molar-refractivity contribution is 5.39. The Balaban J connectivity index is 1.40. The smallest absolute Gasteiger partial charge is 0.137 e. The number of nitrogens with one attached hydrogen (secondary N) is 1. The van der Waals surface area contributed by atoms with Crippen molar-refractivity contribution < 1.29 is 0 Å². The molecule has 2 saturated heterocycles. The molecule has 0 spiro atoms. The van der Waals surface area contributed by atoms with Gasteiger partial charge in [0.1, 0.15) is 5.65 Å². The Bertz CT molecular complexity index is 573. The van der Waals surface area contributed by atoms with Crippen molar-refractivity contribution in [3.63, 3.8) is 0 Å². The van der Waals surface area contributed by atoms with Crippen LogP contribution in [-0.2, 0) is 6.54 Å². The van der Waals surface area contributed by atoms with Crippen LogP contribution in [0, 0.1) is 0 Å². The van der Waals surface area contributed by atoms with Gasteiger partial charge >= 0.3 is 0 Å². The summed E-state index contributed by atoms with van der Waals surface area (Å²) >= 11 is 0. The molecule has 4 heterocycles. The zero-order chi connectivity index (χ0) is 14.2. The van der Waals surface area contributed by atoms with Crippen molar-refractivity contribution in [3.8, 4) is 0 Å². The summed E-state index contributed by atoms with van der Waals surface area (Å²) in [4.78, 5) is 7.29. The van der Waals surface area contributed by atoms with E-state index in [0.29, 0.717) is 6.04 Å². The first-order chi connectivity index (χ1) is 10.3. The van der Waals surface area contributed by atoms with Gasteiger partial charge in [-0.1, -0.05) is 12.5 Å². The van der Waals surface area contributed by atoms with Gasteiger partial charge < -0.3 is 14.6 Å². The predicted molar refractivity (Wildman–Crippen MR) is 84.2 cm³/mol. The van der Waals surface area contributed by atoms with Crippen molar-refractivity contribution in [1.82, 2.24) is 19.6 Å². The molecule has 112 valence electrons. The molecule has 0 aliphatic carbocycles. The Kier molecular flexibility index (Phi) is 3.43. The summed E-state index contributed by atoms with van der Waals surface area (Å²) in [5.74, 6) is 0. The van der Waals surface area contributed by atoms with Gasteiger partial charge in [0.2, 0.25) is 0 Å². The van der Waals surface area contributed by atoms with Crippen LogP contribution in [0.2, 0.25) is 0 Å². The van der Waals surface area contributed by atoms with E-state index in [9.17, 15) is 0 Å². The zero-order valence-corrected chi connectivity index (χ0v) is 12.7. The monoisotopic (exact) mass is 284 g/mol. The first-order valence-electron chi connectivity index (χ1n) is 8.17. The van der Waals surface area contributed by atoms with E-state index in [1.54, 1.807) is 0 Å². The molecule has 2 atom stereocenters. The van der Waals surface area contributed by atoms with Gasteiger partial charge in [0, 0.05) is 37.1 Å². The van der Waals surface area contributed by atoms with Gasteiger partial charge in [-0.2, -0.15) is 0 Å². The third-order valence-electron chi connectivity index (χ3n) is 5.33. The fraction of sp³-hybridized carbons (Fsp3) is 0.588. The van der Waals surface area contributed by atoms with Gasteiger partial charge in [0.05, 0.1) is 5.69 Å². The molecule has 1 N–H and O–H groups in total. The summed E-state index contributed by atoms with van der Waals surface area (Å²) in [6.45, 7) is 0.884. The second-order valence-corrected chi connectivity index (χ2v) is 6.65. The van der Waals surface area contributed by atoms with Crippen molar-refractivity contribution in [2.24, 2.45) is 0 Å². The third kappa shape index (κ3) is 2.58. The van der Waals surface area contributed by atoms with E-state index in [4.69, 9.17) is 0 Å². The van der Waals surface area contributed by atoms with E-state index in [1.165, 1.54) is 32.1 Å². The number of fused-ring (bicyclic) bond motifs is 3. The van der Waals surface area contributed by atoms with E-state index in [1.807, 2.05) is 12.1 Å². The van der Waals surface area contributed by atoms with Crippen LogP contribution in [0.15, 0.2) is 30.6 Å². The summed E-state index contributed by atoms with van der Waals surface area (Å²) in [6.07, 6.45) is 10.9. The second-order valence-electron chi connectivity index (χ2n) is 6.65. The maximum atomic E-state index is 4.67. The number of hydrogen-bond donors (Lipinski definition) is 1. The quantitative estimate of drug-likeness (QED) is 0.939. The molecule has 0 radical (unpaired) electrons. The average molecular weight is 284 g/mol. The molecule has 2 aliphatic heterocycles. The Morgan fingerprint density at radius 2 is 2.05 bits per heavy atom. The van der Waals surface area contributed by atoms with Gasteiger partial charge in [-0.05, 0) is 44.9 Å². The third-order valence-corrected chi connectivity index (χ3v) is 5.33. The highest BCUT2D eigenvalue weighted by Gasteiger charge is 2.35. The summed E-state index contributed by atoms with van der Waals surface area (Å²) < 4.78 is 2.10. The van der Waals surface area contributed by atoms with Crippen LogP contribution >= 0.6 is 0 Å². The Morgan fingerprint density at radius 1 is 1.24 bits per heavy atom. The minimum absolute atomic E-state index is 0.654. The number of pyridine rings is 1. The van der Waals surface area contributed by atoms with Crippen LogP contribution in [0.1, 0.15) is 37.8 Å². The number of nitrogens with zero attached hydrogens (tertiary/aromatic N) is 3. The van der Waals surface area contributed by atoms with Crippen LogP contribution in [0.4, 0.5) is 0 Å². The number of aromatic nitrogens is 2. The van der Waals surface area contributed by atoms with Crippen LogP contribution in [-0.4, -0.2) is 39.5 Å². The summed E-state index contributed by atoms with van der Waals surface area (Å²) in [6, 6.07) is 8.37. The normalized spacial score (nSPS) is 29.9. The zero-order valence-electron chi connectivity index (χ0n) is 12.7. The second kappa shape index (κ2) is 5.43. The van der Waals surface area contributed by atoms with Crippen LogP contribution < -0.4 is 5.32 Å². The van der Waals surface area contributed by atoms with Gasteiger partial charge in [-0.25, -0.2) is 4.98 Å². The molecule has 2 bridgehead atoms. The van der Waals surface area contributed by atoms with Crippen LogP contribution in [0.5, 0.6) is 0 Å². The van der Waals surface area contributed by atoms with E-state index in [2.05, 4.69) is 45.1 Å². The van der Waals surface area contributed by atoms with E-state index < -0.39 is 0 Å². The minimum Gasteiger partial charge on any atom is -0.308 e. The molecule has 2 fully saturated rings. The first kappa shape index (κ1) is 13.3. The lowest BCUT2D eigenvalue weighted by molar-refractivity contribution is 0.0482. The van der Waals surface area contributed by atoms with Gasteiger partial charge in [0.15, 0.2) is 0 Å². The van der Waals surface area contributed by atoms with E-state index >= 15 is 0 Å². The highest BCUT2D eigenvalue weighted by atomic mass is 15.2. The topological polar surface area (TPSA) is 32.6 Å². The Labute approximate surface area is 126 Å². The van der Waals surface area contributed by atoms with Crippen molar-refractivity contribution in [2.75, 3.05) is 7.05 Å². The molecule has 0 aromatic carbocycles. The van der Waals surface area contributed by atoms with Crippen LogP contribution in [0.25, 0.3) is 5.65 Å². The molecule has 21 heavy (non-hydrogen) atoms. The lowest BCUT2D eigenvalue weighted by atomic mass is 9.82. The van der Waals surface area contributed by atoms with Crippen LogP contribution in [0.3, 0.4) is 0 Å². The SMILES string of the molecule is CN1C2CCCC1CC(NCc1cn3ccccc3n1)C2. The number of hydrogen-bond acceptors (Lipinski definition) is 3. The largest absolute Gasteiger partial charge is 0.308 e. The molecular formula is C17H24N4. The molecule has 2 aromatic heterocycles. The molecule has 4 rings (SSSR count). The molecule has 2 aromatic rings. The maximum absolute atomic E-state index is 4.67. The number of rotatable bonds is 3. The van der Waals surface area contributed by atoms with E-state index in [-0.39, 0.29) is 0 Å². The number of piperidine rings is 2. The molecule has 0 saturated carbocycles. The van der Waals surface area contributed by atoms with Gasteiger partial charge in [-0.3, -0.25) is 0 Å². The highest BCUT2D eigenvalue weighted by Crippen LogP contribution is 2.32. The minimum atomic E-state index is 0.654. The maximum Gasteiger partial charge on any atom is 0.137 e. The Hall–Kier alpha value is -1.39. The lowest BCUT2D eigenvalue weighted by Crippen LogP contribution is -2.54. The van der Waals surface area contributed by atoms with Gasteiger partial charge in [-0.15, -0.1) is 0 Å². The van der Waals surface area contributed by atoms with Crippen molar-refractivity contribution >= 4 is 5.65 Å². The fourth-order valence-corrected chi connectivity index (χ4v) is 4.10. The number of imidazole rings is 1. The molecule has 2 aliphatic rings. The summed E-state index contributed by atoms with van der Waals surface area (Å²) in [5.41, 5.74) is 2.18. The first-order valence-corrected chi connectivity index (χ1v) is 8.17. The molecule has 2 unspecified atom stereocenters. The van der Waals surface area contributed by atoms with E-state index in [0.717, 1.165) is 30.0 Å². The van der Waals surface area contributed by atoms with Crippen molar-refractivity contribution in [1.29, 1.82) is 0 Å². The lowest BCUT2D eigenvalue weighted by Gasteiger charge is -2.47. The molecule has 0 amide bonds.